The Morgan fingerprint density at radius 3 is 3.04 bits per heavy atom. The fraction of sp³-hybridized carbons (Fsp3) is 0.222. The van der Waals surface area contributed by atoms with Crippen LogP contribution in [0.15, 0.2) is 46.3 Å². The van der Waals surface area contributed by atoms with Gasteiger partial charge in [-0.15, -0.1) is 11.3 Å². The molecule has 1 aromatic carbocycles. The van der Waals surface area contributed by atoms with Gasteiger partial charge in [-0.2, -0.15) is 5.10 Å². The number of nitrogens with zero attached hydrogens (tertiary/aromatic N) is 2. The van der Waals surface area contributed by atoms with Crippen molar-refractivity contribution in [1.82, 2.24) is 15.1 Å². The summed E-state index contributed by atoms with van der Waals surface area (Å²) in [6.45, 7) is 2.62. The molecule has 4 rings (SSSR count). The number of hydrogen-bond donors (Lipinski definition) is 2. The van der Waals surface area contributed by atoms with E-state index >= 15 is 0 Å². The predicted molar refractivity (Wildman–Crippen MR) is 104 cm³/mol. The van der Waals surface area contributed by atoms with Crippen molar-refractivity contribution < 1.29 is 4.79 Å². The van der Waals surface area contributed by atoms with Crippen molar-refractivity contribution in [2.75, 3.05) is 5.32 Å². The van der Waals surface area contributed by atoms with Crippen molar-refractivity contribution in [1.29, 1.82) is 0 Å². The fourth-order valence-corrected chi connectivity index (χ4v) is 4.26. The monoisotopic (exact) mass is 416 g/mol. The van der Waals surface area contributed by atoms with E-state index in [0.29, 0.717) is 6.54 Å². The average molecular weight is 417 g/mol. The van der Waals surface area contributed by atoms with Crippen LogP contribution in [0.1, 0.15) is 18.2 Å². The maximum Gasteiger partial charge on any atom is 0.322 e. The highest BCUT2D eigenvalue weighted by Gasteiger charge is 2.30. The Morgan fingerprint density at radius 1 is 1.40 bits per heavy atom. The van der Waals surface area contributed by atoms with E-state index in [0.717, 1.165) is 38.4 Å². The lowest BCUT2D eigenvalue weighted by Crippen LogP contribution is -2.44. The molecule has 5 nitrogen and oxygen atoms in total. The van der Waals surface area contributed by atoms with Crippen molar-refractivity contribution in [3.63, 3.8) is 0 Å². The van der Waals surface area contributed by atoms with E-state index in [9.17, 15) is 4.79 Å². The molecule has 0 radical (unpaired) electrons. The Hall–Kier alpha value is -2.12. The van der Waals surface area contributed by atoms with Gasteiger partial charge in [0.2, 0.25) is 0 Å². The lowest BCUT2D eigenvalue weighted by molar-refractivity contribution is 0.182. The molecule has 0 saturated carbocycles. The molecule has 128 valence electrons. The topological polar surface area (TPSA) is 61.0 Å². The summed E-state index contributed by atoms with van der Waals surface area (Å²) in [4.78, 5) is 15.8. The van der Waals surface area contributed by atoms with Crippen LogP contribution in [-0.4, -0.2) is 27.2 Å². The second kappa shape index (κ2) is 6.65. The third-order valence-electron chi connectivity index (χ3n) is 4.40. The first-order valence-electron chi connectivity index (χ1n) is 8.05. The van der Waals surface area contributed by atoms with Gasteiger partial charge in [-0.25, -0.2) is 4.79 Å². The quantitative estimate of drug-likeness (QED) is 0.625. The molecule has 1 atom stereocenters. The number of H-pyrrole nitrogens is 1. The maximum atomic E-state index is 12.8. The number of amides is 2. The van der Waals surface area contributed by atoms with Crippen molar-refractivity contribution >= 4 is 39.0 Å². The maximum absolute atomic E-state index is 12.8. The molecule has 0 aliphatic carbocycles. The van der Waals surface area contributed by atoms with E-state index in [1.807, 2.05) is 40.6 Å². The summed E-state index contributed by atoms with van der Waals surface area (Å²) in [5.41, 5.74) is 3.98. The van der Waals surface area contributed by atoms with Crippen LogP contribution >= 0.6 is 27.3 Å². The van der Waals surface area contributed by atoms with Crippen molar-refractivity contribution in [3.05, 3.63) is 57.5 Å². The van der Waals surface area contributed by atoms with Gasteiger partial charge in [0.05, 0.1) is 11.4 Å². The van der Waals surface area contributed by atoms with E-state index in [-0.39, 0.29) is 12.1 Å². The molecule has 25 heavy (non-hydrogen) atoms. The zero-order valence-electron chi connectivity index (χ0n) is 13.6. The predicted octanol–water partition coefficient (Wildman–Crippen LogP) is 4.88. The van der Waals surface area contributed by atoms with Crippen molar-refractivity contribution in [2.24, 2.45) is 0 Å². The number of aromatic nitrogens is 2. The SMILES string of the molecule is C[C@@H]1Cc2[nH]nc(-c3cccs3)c2CN1C(=O)Nc1cccc(Br)c1. The number of rotatable bonds is 2. The van der Waals surface area contributed by atoms with Crippen LogP contribution in [0.2, 0.25) is 0 Å². The van der Waals surface area contributed by atoms with E-state index in [1.165, 1.54) is 0 Å². The van der Waals surface area contributed by atoms with Crippen LogP contribution < -0.4 is 5.32 Å². The number of halogens is 1. The lowest BCUT2D eigenvalue weighted by atomic mass is 9.99. The summed E-state index contributed by atoms with van der Waals surface area (Å²) < 4.78 is 0.939. The molecule has 1 aliphatic rings. The second-order valence-electron chi connectivity index (χ2n) is 6.13. The molecule has 2 amide bonds. The Bertz CT molecular complexity index is 906. The number of nitrogens with one attached hydrogen (secondary N) is 2. The molecule has 1 aliphatic heterocycles. The number of carbonyl (C=O) groups is 1. The third kappa shape index (κ3) is 3.21. The zero-order valence-corrected chi connectivity index (χ0v) is 16.0. The van der Waals surface area contributed by atoms with Crippen LogP contribution in [0.25, 0.3) is 10.6 Å². The Kier molecular flexibility index (Phi) is 4.35. The Morgan fingerprint density at radius 2 is 2.28 bits per heavy atom. The van der Waals surface area contributed by atoms with Crippen molar-refractivity contribution in [3.8, 4) is 10.6 Å². The summed E-state index contributed by atoms with van der Waals surface area (Å²) in [6, 6.07) is 11.7. The molecule has 7 heteroatoms. The van der Waals surface area contributed by atoms with Crippen LogP contribution in [0.3, 0.4) is 0 Å². The second-order valence-corrected chi connectivity index (χ2v) is 7.99. The minimum absolute atomic E-state index is 0.0884. The van der Waals surface area contributed by atoms with E-state index in [2.05, 4.69) is 44.4 Å². The van der Waals surface area contributed by atoms with E-state index in [4.69, 9.17) is 0 Å². The van der Waals surface area contributed by atoms with Gasteiger partial charge in [0.15, 0.2) is 0 Å². The van der Waals surface area contributed by atoms with E-state index in [1.54, 1.807) is 11.3 Å². The summed E-state index contributed by atoms with van der Waals surface area (Å²) in [6.07, 6.45) is 0.777. The molecule has 2 aromatic heterocycles. The van der Waals surface area contributed by atoms with Crippen LogP contribution in [-0.2, 0) is 13.0 Å². The van der Waals surface area contributed by atoms with Crippen LogP contribution in [0.5, 0.6) is 0 Å². The number of urea groups is 1. The minimum Gasteiger partial charge on any atom is -0.317 e. The largest absolute Gasteiger partial charge is 0.322 e. The number of thiophene rings is 1. The first-order valence-corrected chi connectivity index (χ1v) is 9.72. The molecule has 3 heterocycles. The number of benzene rings is 1. The number of anilines is 1. The van der Waals surface area contributed by atoms with Crippen LogP contribution in [0, 0.1) is 0 Å². The molecule has 0 unspecified atom stereocenters. The number of fused-ring (bicyclic) bond motifs is 1. The molecule has 2 N–H and O–H groups in total. The standard InChI is InChI=1S/C18H17BrN4OS/c1-11-8-15-14(17(22-21-15)16-6-3-7-25-16)10-23(11)18(24)20-13-5-2-4-12(19)9-13/h2-7,9,11H,8,10H2,1H3,(H,20,24)(H,21,22)/t11-/m1/s1. The molecule has 0 bridgehead atoms. The first kappa shape index (κ1) is 16.4. The van der Waals surface area contributed by atoms with Crippen molar-refractivity contribution in [2.45, 2.75) is 25.9 Å². The molecular formula is C18H17BrN4OS. The highest BCUT2D eigenvalue weighted by molar-refractivity contribution is 9.10. The Labute approximate surface area is 158 Å². The highest BCUT2D eigenvalue weighted by atomic mass is 79.9. The number of hydrogen-bond acceptors (Lipinski definition) is 3. The van der Waals surface area contributed by atoms with Gasteiger partial charge in [0, 0.05) is 33.9 Å². The molecule has 0 fully saturated rings. The highest BCUT2D eigenvalue weighted by Crippen LogP contribution is 2.33. The van der Waals surface area contributed by atoms with Gasteiger partial charge in [0.1, 0.15) is 5.69 Å². The average Bonchev–Trinajstić information content (AvgIpc) is 3.22. The van der Waals surface area contributed by atoms with Gasteiger partial charge in [-0.3, -0.25) is 5.10 Å². The van der Waals surface area contributed by atoms with Gasteiger partial charge < -0.3 is 10.2 Å². The molecule has 3 aromatic rings. The third-order valence-corrected chi connectivity index (χ3v) is 5.77. The Balaban J connectivity index is 1.58. The fourth-order valence-electron chi connectivity index (χ4n) is 3.12. The van der Waals surface area contributed by atoms with Gasteiger partial charge in [-0.1, -0.05) is 28.1 Å². The molecule has 0 saturated heterocycles. The van der Waals surface area contributed by atoms with Gasteiger partial charge >= 0.3 is 6.03 Å². The van der Waals surface area contributed by atoms with Gasteiger partial charge in [-0.05, 0) is 36.6 Å². The van der Waals surface area contributed by atoms with E-state index < -0.39 is 0 Å². The summed E-state index contributed by atoms with van der Waals surface area (Å²) in [5, 5.41) is 12.7. The smallest absolute Gasteiger partial charge is 0.317 e. The normalized spacial score (nSPS) is 16.6. The van der Waals surface area contributed by atoms with Gasteiger partial charge in [0.25, 0.3) is 0 Å². The summed E-state index contributed by atoms with van der Waals surface area (Å²) >= 11 is 5.09. The molecular weight excluding hydrogens is 400 g/mol. The first-order chi connectivity index (χ1) is 12.1. The number of aromatic amines is 1. The number of carbonyl (C=O) groups excluding carboxylic acids is 1. The molecule has 0 spiro atoms. The summed E-state index contributed by atoms with van der Waals surface area (Å²) in [5.74, 6) is 0. The zero-order chi connectivity index (χ0) is 17.4. The minimum atomic E-state index is -0.0884. The van der Waals surface area contributed by atoms with Crippen LogP contribution in [0.4, 0.5) is 10.5 Å². The summed E-state index contributed by atoms with van der Waals surface area (Å²) in [7, 11) is 0. The lowest BCUT2D eigenvalue weighted by Gasteiger charge is -2.33.